The fraction of sp³-hybridized carbons (Fsp3) is 0.571. The zero-order chi connectivity index (χ0) is 12.2. The maximum atomic E-state index is 7.75. The Morgan fingerprint density at radius 1 is 0.857 bits per heavy atom. The molecule has 0 saturated carbocycles. The van der Waals surface area contributed by atoms with Crippen LogP contribution < -0.4 is 0 Å². The van der Waals surface area contributed by atoms with Crippen LogP contribution >= 0.6 is 19.4 Å². The number of hydrogen-bond acceptors (Lipinski definition) is 4. The molecule has 0 radical (unpaired) electrons. The van der Waals surface area contributed by atoms with Gasteiger partial charge in [0, 0.05) is 13.2 Å². The van der Waals surface area contributed by atoms with Crippen molar-refractivity contribution >= 4 is 39.7 Å². The van der Waals surface area contributed by atoms with Gasteiger partial charge in [-0.1, -0.05) is 0 Å². The van der Waals surface area contributed by atoms with Crippen molar-refractivity contribution in [2.75, 3.05) is 13.2 Å². The number of carbonyl (C=O) groups excluding carboxylic acids is 3. The summed E-state index contributed by atoms with van der Waals surface area (Å²) in [6, 6.07) is 0. The molecule has 1 aliphatic rings. The van der Waals surface area contributed by atoms with Gasteiger partial charge in [0.1, 0.15) is 0 Å². The van der Waals surface area contributed by atoms with Gasteiger partial charge in [0.15, 0.2) is 0 Å². The van der Waals surface area contributed by atoms with Crippen LogP contribution in [0.5, 0.6) is 0 Å². The fourth-order valence-corrected chi connectivity index (χ4v) is 0.510. The van der Waals surface area contributed by atoms with Gasteiger partial charge < -0.3 is 19.1 Å². The van der Waals surface area contributed by atoms with E-state index in [0.717, 1.165) is 13.2 Å². The van der Waals surface area contributed by atoms with E-state index in [2.05, 4.69) is 20.4 Å². The first-order valence-corrected chi connectivity index (χ1v) is 7.53. The predicted octanol–water partition coefficient (Wildman–Crippen LogP) is 1.35. The molecule has 7 heteroatoms. The van der Waals surface area contributed by atoms with Crippen molar-refractivity contribution in [3.63, 3.8) is 0 Å². The molecule has 14 heavy (non-hydrogen) atoms. The summed E-state index contributed by atoms with van der Waals surface area (Å²) in [5.74, 6) is 0. The Labute approximate surface area is 100.0 Å². The quantitative estimate of drug-likeness (QED) is 0.382. The van der Waals surface area contributed by atoms with E-state index >= 15 is 0 Å². The summed E-state index contributed by atoms with van der Waals surface area (Å²) in [5, 5.41) is 0. The Kier molecular flexibility index (Phi) is 87.0. The normalized spacial score (nSPS) is 11.0. The minimum absolute atomic E-state index is 0.346. The van der Waals surface area contributed by atoms with E-state index in [0.29, 0.717) is 0 Å². The van der Waals surface area contributed by atoms with Crippen LogP contribution in [-0.4, -0.2) is 33.6 Å². The number of halogens is 2. The minimum atomic E-state index is -0.346. The zero-order valence-corrected chi connectivity index (χ0v) is 10.6. The van der Waals surface area contributed by atoms with Gasteiger partial charge in [0.2, 0.25) is 0 Å². The monoisotopic (exact) mass is 331 g/mol. The summed E-state index contributed by atoms with van der Waals surface area (Å²) in [5.41, 5.74) is 0. The summed E-state index contributed by atoms with van der Waals surface area (Å²) in [6.07, 6.45) is 2.56. The molecule has 1 aliphatic heterocycles. The van der Waals surface area contributed by atoms with Gasteiger partial charge in [-0.25, -0.2) is 0 Å². The topological polar surface area (TPSA) is 60.4 Å². The predicted molar refractivity (Wildman–Crippen MR) is 52.0 cm³/mol. The number of hydrogen-bond donors (Lipinski definition) is 0. The van der Waals surface area contributed by atoms with E-state index < -0.39 is 0 Å². The number of ether oxygens (including phenoxy) is 1. The van der Waals surface area contributed by atoms with Gasteiger partial charge in [-0.2, -0.15) is 0 Å². The van der Waals surface area contributed by atoms with Crippen LogP contribution in [-0.2, 0) is 34.3 Å². The van der Waals surface area contributed by atoms with Gasteiger partial charge in [0.25, 0.3) is 0 Å². The molecule has 0 atom stereocenters. The molecule has 0 unspecified atom stereocenters. The summed E-state index contributed by atoms with van der Waals surface area (Å²) in [6.45, 7) is 11.8. The Bertz CT molecular complexity index is 64.3. The molecule has 0 aliphatic carbocycles. The SMILES string of the molecule is C1CCOC1.[CH-]=O.[CH-]=O.[CH-]=O.[Cl][Ru][Cl]. The summed E-state index contributed by atoms with van der Waals surface area (Å²) in [4.78, 5) is 23.2. The average Bonchev–Trinajstić information content (AvgIpc) is 2.85. The Balaban J connectivity index is -0.0000000494. The molecule has 0 spiro atoms. The molecular formula is C7H11Cl2O4Ru-3. The van der Waals surface area contributed by atoms with E-state index in [4.69, 9.17) is 38.5 Å². The number of rotatable bonds is 0. The first-order valence-electron chi connectivity index (χ1n) is 3.05. The molecular weight excluding hydrogens is 320 g/mol. The molecule has 0 amide bonds. The molecule has 88 valence electrons. The molecule has 1 saturated heterocycles. The molecule has 0 aromatic carbocycles. The second-order valence-corrected chi connectivity index (χ2v) is 4.01. The fourth-order valence-electron chi connectivity index (χ4n) is 0.510. The van der Waals surface area contributed by atoms with Crippen LogP contribution in [0.3, 0.4) is 0 Å². The van der Waals surface area contributed by atoms with Gasteiger partial charge in [-0.15, -0.1) is 0 Å². The molecule has 0 N–H and O–H groups in total. The molecule has 1 rings (SSSR count). The van der Waals surface area contributed by atoms with Crippen LogP contribution in [0.15, 0.2) is 0 Å². The molecule has 4 nitrogen and oxygen atoms in total. The van der Waals surface area contributed by atoms with E-state index in [9.17, 15) is 0 Å². The third kappa shape index (κ3) is 56.8. The standard InChI is InChI=1S/C4H8O.3CHO.2ClH.Ru/c1-2-4-5-3-1;3*1-2;;;/h1-4H2;3*1H;2*1H;/q;3*-1;;;+2/p-2. The first kappa shape index (κ1) is 23.8. The molecule has 0 aromatic heterocycles. The summed E-state index contributed by atoms with van der Waals surface area (Å²) in [7, 11) is 9.71. The Hall–Kier alpha value is 0.173. The Morgan fingerprint density at radius 3 is 1.14 bits per heavy atom. The van der Waals surface area contributed by atoms with Crippen molar-refractivity contribution in [2.45, 2.75) is 12.8 Å². The first-order chi connectivity index (χ1) is 6.91. The van der Waals surface area contributed by atoms with Crippen molar-refractivity contribution in [3.05, 3.63) is 0 Å². The van der Waals surface area contributed by atoms with Gasteiger partial charge in [0.05, 0.1) is 0 Å². The van der Waals surface area contributed by atoms with Crippen LogP contribution in [0.2, 0.25) is 0 Å². The Morgan fingerprint density at radius 2 is 1.07 bits per heavy atom. The van der Waals surface area contributed by atoms with Crippen LogP contribution in [0.4, 0.5) is 0 Å². The van der Waals surface area contributed by atoms with Crippen LogP contribution in [0, 0.1) is 0 Å². The van der Waals surface area contributed by atoms with Crippen molar-refractivity contribution in [3.8, 4) is 0 Å². The van der Waals surface area contributed by atoms with Crippen molar-refractivity contribution in [1.29, 1.82) is 0 Å². The van der Waals surface area contributed by atoms with Gasteiger partial charge >= 0.3 is 34.5 Å². The second-order valence-electron chi connectivity index (χ2n) is 1.37. The molecule has 1 heterocycles. The third-order valence-electron chi connectivity index (χ3n) is 0.827. The second kappa shape index (κ2) is 51.2. The molecule has 0 bridgehead atoms. The molecule has 0 aromatic rings. The van der Waals surface area contributed by atoms with Gasteiger partial charge in [-0.05, 0) is 12.8 Å². The average molecular weight is 331 g/mol. The van der Waals surface area contributed by atoms with Crippen molar-refractivity contribution in [1.82, 2.24) is 0 Å². The zero-order valence-electron chi connectivity index (χ0n) is 7.30. The van der Waals surface area contributed by atoms with E-state index in [1.807, 2.05) is 0 Å². The van der Waals surface area contributed by atoms with Crippen LogP contribution in [0.25, 0.3) is 0 Å². The summed E-state index contributed by atoms with van der Waals surface area (Å²) >= 11 is -0.346. The summed E-state index contributed by atoms with van der Waals surface area (Å²) < 4.78 is 4.94. The van der Waals surface area contributed by atoms with Gasteiger partial charge in [-0.3, -0.25) is 20.4 Å². The molecule has 1 fully saturated rings. The van der Waals surface area contributed by atoms with Crippen LogP contribution in [0.1, 0.15) is 12.8 Å². The third-order valence-corrected chi connectivity index (χ3v) is 0.827. The van der Waals surface area contributed by atoms with E-state index in [-0.39, 0.29) is 15.1 Å². The van der Waals surface area contributed by atoms with E-state index in [1.54, 1.807) is 0 Å². The van der Waals surface area contributed by atoms with E-state index in [1.165, 1.54) is 12.8 Å². The maximum absolute atomic E-state index is 7.75. The van der Waals surface area contributed by atoms with Crippen molar-refractivity contribution in [2.24, 2.45) is 0 Å². The van der Waals surface area contributed by atoms with Crippen molar-refractivity contribution < 1.29 is 34.3 Å².